The molecule has 184 valence electrons. The van der Waals surface area contributed by atoms with Crippen molar-refractivity contribution in [3.05, 3.63) is 23.3 Å². The van der Waals surface area contributed by atoms with Crippen molar-refractivity contribution in [2.75, 3.05) is 59.7 Å². The summed E-state index contributed by atoms with van der Waals surface area (Å²) >= 11 is 0. The number of aliphatic imine (C=N–C) groups is 1. The summed E-state index contributed by atoms with van der Waals surface area (Å²) in [6.07, 6.45) is 7.29. The molecule has 0 aromatic heterocycles. The van der Waals surface area contributed by atoms with E-state index in [1.807, 2.05) is 19.9 Å². The Kier molecular flexibility index (Phi) is 15.5. The van der Waals surface area contributed by atoms with Crippen LogP contribution in [-0.4, -0.2) is 76.1 Å². The Morgan fingerprint density at radius 1 is 1.19 bits per heavy atom. The van der Waals surface area contributed by atoms with Crippen LogP contribution in [0.3, 0.4) is 0 Å². The van der Waals surface area contributed by atoms with Gasteiger partial charge in [-0.3, -0.25) is 9.89 Å². The van der Waals surface area contributed by atoms with Crippen molar-refractivity contribution in [2.24, 2.45) is 10.7 Å². The number of nitrogens with two attached hydrogens (primary N) is 1. The average Bonchev–Trinajstić information content (AvgIpc) is 2.79. The number of hydrogen-bond acceptors (Lipinski definition) is 7. The number of amidine groups is 1. The molecule has 1 saturated heterocycles. The largest absolute Gasteiger partial charge is 0.493 e. The monoisotopic (exact) mass is 451 g/mol. The molecule has 32 heavy (non-hydrogen) atoms. The lowest BCUT2D eigenvalue weighted by molar-refractivity contribution is 0.0268. The molecule has 1 rings (SSSR count). The van der Waals surface area contributed by atoms with Gasteiger partial charge in [-0.05, 0) is 52.5 Å². The Labute approximate surface area is 194 Å². The number of rotatable bonds is 16. The lowest BCUT2D eigenvalue weighted by atomic mass is 10.1. The molecule has 1 aliphatic rings. The van der Waals surface area contributed by atoms with Gasteiger partial charge >= 0.3 is 0 Å². The molecular weight excluding hydrogens is 406 g/mol. The molecule has 1 aliphatic heterocycles. The molecule has 1 fully saturated rings. The first-order valence-corrected chi connectivity index (χ1v) is 11.9. The molecular formula is C24H45N5O3. The average molecular weight is 452 g/mol. The lowest BCUT2D eigenvalue weighted by Gasteiger charge is -2.26. The number of allylic oxidation sites excluding steroid dienone is 3. The fourth-order valence-corrected chi connectivity index (χ4v) is 3.30. The minimum absolute atomic E-state index is 0.616. The van der Waals surface area contributed by atoms with E-state index >= 15 is 0 Å². The zero-order valence-electron chi connectivity index (χ0n) is 20.7. The number of hydrogen-bond donors (Lipinski definition) is 3. The van der Waals surface area contributed by atoms with Gasteiger partial charge in [0, 0.05) is 50.1 Å². The van der Waals surface area contributed by atoms with Crippen LogP contribution in [0.1, 0.15) is 59.3 Å². The Balaban J connectivity index is 2.82. The second-order valence-electron chi connectivity index (χ2n) is 8.03. The highest BCUT2D eigenvalue weighted by atomic mass is 16.5. The van der Waals surface area contributed by atoms with E-state index in [1.54, 1.807) is 7.11 Å². The molecule has 0 aromatic carbocycles. The van der Waals surface area contributed by atoms with Gasteiger partial charge in [-0.25, -0.2) is 0 Å². The van der Waals surface area contributed by atoms with Gasteiger partial charge in [-0.1, -0.05) is 6.92 Å². The minimum atomic E-state index is 0.616. The van der Waals surface area contributed by atoms with E-state index in [2.05, 4.69) is 17.1 Å². The second kappa shape index (κ2) is 17.6. The van der Waals surface area contributed by atoms with E-state index in [1.165, 1.54) is 0 Å². The maximum atomic E-state index is 7.71. The Morgan fingerprint density at radius 3 is 2.56 bits per heavy atom. The highest BCUT2D eigenvalue weighted by Crippen LogP contribution is 2.15. The van der Waals surface area contributed by atoms with Gasteiger partial charge in [0.1, 0.15) is 18.2 Å². The minimum Gasteiger partial charge on any atom is -0.493 e. The molecule has 1 heterocycles. The molecule has 4 N–H and O–H groups in total. The molecule has 8 heteroatoms. The van der Waals surface area contributed by atoms with Crippen LogP contribution in [0.2, 0.25) is 0 Å². The predicted octanol–water partition coefficient (Wildman–Crippen LogP) is 3.44. The van der Waals surface area contributed by atoms with Gasteiger partial charge in [-0.15, -0.1) is 0 Å². The Bertz CT molecular complexity index is 625. The van der Waals surface area contributed by atoms with Crippen LogP contribution in [0.4, 0.5) is 0 Å². The molecule has 0 aromatic rings. The molecule has 0 spiro atoms. The number of ether oxygens (including phenoxy) is 3. The van der Waals surface area contributed by atoms with Gasteiger partial charge in [-0.2, -0.15) is 0 Å². The summed E-state index contributed by atoms with van der Waals surface area (Å²) in [5.74, 6) is 2.43. The van der Waals surface area contributed by atoms with Crippen LogP contribution in [0, 0.1) is 5.41 Å². The SMILES string of the molecule is CCC(=NCCCCN)N/C(=C/C(OC)=C(\C)OCCN1CCOCC1)CCCC(C)=N. The quantitative estimate of drug-likeness (QED) is 0.109. The van der Waals surface area contributed by atoms with Crippen molar-refractivity contribution in [3.63, 3.8) is 0 Å². The fraction of sp³-hybridized carbons (Fsp3) is 0.750. The van der Waals surface area contributed by atoms with Gasteiger partial charge in [0.15, 0.2) is 5.76 Å². The second-order valence-corrected chi connectivity index (χ2v) is 8.03. The molecule has 0 atom stereocenters. The van der Waals surface area contributed by atoms with Gasteiger partial charge < -0.3 is 30.7 Å². The molecule has 8 nitrogen and oxygen atoms in total. The highest BCUT2D eigenvalue weighted by molar-refractivity contribution is 5.83. The number of nitrogens with one attached hydrogen (secondary N) is 2. The third-order valence-electron chi connectivity index (χ3n) is 5.25. The number of methoxy groups -OCH3 is 1. The molecule has 0 aliphatic carbocycles. The molecule has 0 unspecified atom stereocenters. The summed E-state index contributed by atoms with van der Waals surface area (Å²) in [5.41, 5.74) is 7.31. The molecule has 0 amide bonds. The van der Waals surface area contributed by atoms with E-state index in [9.17, 15) is 0 Å². The smallest absolute Gasteiger partial charge is 0.157 e. The summed E-state index contributed by atoms with van der Waals surface area (Å²) in [5, 5.41) is 11.2. The van der Waals surface area contributed by atoms with Crippen molar-refractivity contribution in [2.45, 2.75) is 59.3 Å². The fourth-order valence-electron chi connectivity index (χ4n) is 3.30. The maximum absolute atomic E-state index is 7.71. The van der Waals surface area contributed by atoms with Crippen molar-refractivity contribution >= 4 is 11.5 Å². The van der Waals surface area contributed by atoms with Gasteiger partial charge in [0.2, 0.25) is 0 Å². The maximum Gasteiger partial charge on any atom is 0.157 e. The van der Waals surface area contributed by atoms with Gasteiger partial charge in [0.25, 0.3) is 0 Å². The van der Waals surface area contributed by atoms with Crippen LogP contribution < -0.4 is 11.1 Å². The van der Waals surface area contributed by atoms with E-state index in [0.29, 0.717) is 24.6 Å². The third kappa shape index (κ3) is 12.8. The van der Waals surface area contributed by atoms with Crippen LogP contribution in [0.25, 0.3) is 0 Å². The normalized spacial score (nSPS) is 16.5. The number of nitrogens with zero attached hydrogens (tertiary/aromatic N) is 2. The zero-order valence-corrected chi connectivity index (χ0v) is 20.7. The van der Waals surface area contributed by atoms with Crippen molar-refractivity contribution in [1.29, 1.82) is 5.41 Å². The van der Waals surface area contributed by atoms with Crippen molar-refractivity contribution < 1.29 is 14.2 Å². The first-order valence-electron chi connectivity index (χ1n) is 11.9. The van der Waals surface area contributed by atoms with Crippen LogP contribution in [0.15, 0.2) is 28.3 Å². The summed E-state index contributed by atoms with van der Waals surface area (Å²) in [4.78, 5) is 7.05. The molecule has 0 saturated carbocycles. The summed E-state index contributed by atoms with van der Waals surface area (Å²) in [6, 6.07) is 0. The lowest BCUT2D eigenvalue weighted by Crippen LogP contribution is -2.38. The van der Waals surface area contributed by atoms with E-state index < -0.39 is 0 Å². The Hall–Kier alpha value is -1.90. The van der Waals surface area contributed by atoms with E-state index in [-0.39, 0.29) is 0 Å². The van der Waals surface area contributed by atoms with Gasteiger partial charge in [0.05, 0.1) is 20.3 Å². The summed E-state index contributed by atoms with van der Waals surface area (Å²) in [7, 11) is 1.67. The number of morpholine rings is 1. The summed E-state index contributed by atoms with van der Waals surface area (Å²) < 4.78 is 17.0. The van der Waals surface area contributed by atoms with Crippen molar-refractivity contribution in [3.8, 4) is 0 Å². The highest BCUT2D eigenvalue weighted by Gasteiger charge is 2.11. The van der Waals surface area contributed by atoms with E-state index in [4.69, 9.17) is 30.3 Å². The van der Waals surface area contributed by atoms with Crippen molar-refractivity contribution in [1.82, 2.24) is 10.2 Å². The molecule has 0 bridgehead atoms. The molecule has 0 radical (unpaired) electrons. The predicted molar refractivity (Wildman–Crippen MR) is 132 cm³/mol. The first-order chi connectivity index (χ1) is 15.5. The van der Waals surface area contributed by atoms with E-state index in [0.717, 1.165) is 95.2 Å². The van der Waals surface area contributed by atoms with Crippen LogP contribution in [0.5, 0.6) is 0 Å². The zero-order chi connectivity index (χ0) is 23.6. The Morgan fingerprint density at radius 2 is 1.94 bits per heavy atom. The van der Waals surface area contributed by atoms with Crippen LogP contribution in [-0.2, 0) is 14.2 Å². The first kappa shape index (κ1) is 28.1. The standard InChI is InChI=1S/C24H45N5O3/c1-5-24(27-12-7-6-11-25)28-22(10-8-9-20(2)26)19-23(30-4)21(3)32-18-15-29-13-16-31-17-14-29/h19,26H,5-18,25H2,1-4H3,(H,27,28)/b22-19+,23-21-,26-20?. The third-order valence-corrected chi connectivity index (χ3v) is 5.25. The summed E-state index contributed by atoms with van der Waals surface area (Å²) in [6.45, 7) is 12.3. The topological polar surface area (TPSA) is 105 Å². The number of unbranched alkanes of at least 4 members (excludes halogenated alkanes) is 1. The van der Waals surface area contributed by atoms with Crippen LogP contribution >= 0.6 is 0 Å².